The van der Waals surface area contributed by atoms with Crippen LogP contribution in [0.15, 0.2) is 24.3 Å². The summed E-state index contributed by atoms with van der Waals surface area (Å²) in [6.45, 7) is 0.0471. The molecule has 25 heavy (non-hydrogen) atoms. The Morgan fingerprint density at radius 1 is 1.20 bits per heavy atom. The zero-order valence-corrected chi connectivity index (χ0v) is 13.6. The van der Waals surface area contributed by atoms with E-state index in [1.165, 1.54) is 23.1 Å². The molecule has 1 aliphatic carbocycles. The number of nitrogens with one attached hydrogen (secondary N) is 1. The summed E-state index contributed by atoms with van der Waals surface area (Å²) >= 11 is 0. The molecule has 3 amide bonds. The van der Waals surface area contributed by atoms with Gasteiger partial charge in [0.15, 0.2) is 0 Å². The molecule has 2 fully saturated rings. The van der Waals surface area contributed by atoms with Crippen molar-refractivity contribution in [3.63, 3.8) is 0 Å². The van der Waals surface area contributed by atoms with Gasteiger partial charge in [0, 0.05) is 30.8 Å². The Morgan fingerprint density at radius 2 is 1.84 bits per heavy atom. The van der Waals surface area contributed by atoms with Crippen molar-refractivity contribution < 1.29 is 19.3 Å². The van der Waals surface area contributed by atoms with E-state index in [9.17, 15) is 24.5 Å². The van der Waals surface area contributed by atoms with E-state index >= 15 is 0 Å². The fraction of sp³-hybridized carbons (Fsp3) is 0.471. The number of nitro groups is 1. The van der Waals surface area contributed by atoms with Crippen molar-refractivity contribution in [3.05, 3.63) is 34.4 Å². The van der Waals surface area contributed by atoms with Crippen molar-refractivity contribution in [1.29, 1.82) is 0 Å². The third-order valence-corrected chi connectivity index (χ3v) is 4.84. The maximum absolute atomic E-state index is 12.3. The average Bonchev–Trinajstić information content (AvgIpc) is 2.85. The van der Waals surface area contributed by atoms with Crippen LogP contribution in [0.3, 0.4) is 0 Å². The first kappa shape index (κ1) is 17.1. The molecule has 0 aromatic heterocycles. The molecule has 3 rings (SSSR count). The lowest BCUT2D eigenvalue weighted by Gasteiger charge is -2.19. The van der Waals surface area contributed by atoms with Gasteiger partial charge < -0.3 is 5.32 Å². The smallest absolute Gasteiger partial charge is 0.271 e. The van der Waals surface area contributed by atoms with Crippen molar-refractivity contribution in [2.75, 3.05) is 11.9 Å². The number of fused-ring (bicyclic) bond motifs is 1. The lowest BCUT2D eigenvalue weighted by molar-refractivity contribution is -0.384. The molecule has 2 aliphatic rings. The molecule has 0 unspecified atom stereocenters. The van der Waals surface area contributed by atoms with Gasteiger partial charge in [-0.2, -0.15) is 0 Å². The Morgan fingerprint density at radius 3 is 2.44 bits per heavy atom. The summed E-state index contributed by atoms with van der Waals surface area (Å²) < 4.78 is 0. The predicted octanol–water partition coefficient (Wildman–Crippen LogP) is 2.10. The molecule has 1 saturated carbocycles. The summed E-state index contributed by atoms with van der Waals surface area (Å²) in [5, 5.41) is 13.3. The molecule has 1 heterocycles. The fourth-order valence-corrected chi connectivity index (χ4v) is 3.59. The number of likely N-dealkylation sites (tertiary alicyclic amines) is 1. The minimum Gasteiger partial charge on any atom is -0.326 e. The molecule has 1 N–H and O–H groups in total. The predicted molar refractivity (Wildman–Crippen MR) is 88.5 cm³/mol. The third kappa shape index (κ3) is 3.52. The van der Waals surface area contributed by atoms with E-state index in [2.05, 4.69) is 5.32 Å². The van der Waals surface area contributed by atoms with E-state index in [0.717, 1.165) is 25.7 Å². The normalized spacial score (nSPS) is 22.6. The van der Waals surface area contributed by atoms with E-state index in [-0.39, 0.29) is 42.3 Å². The van der Waals surface area contributed by atoms with Crippen LogP contribution in [0.1, 0.15) is 32.1 Å². The van der Waals surface area contributed by atoms with Gasteiger partial charge >= 0.3 is 0 Å². The zero-order chi connectivity index (χ0) is 18.0. The van der Waals surface area contributed by atoms with E-state index in [1.807, 2.05) is 0 Å². The Balaban J connectivity index is 1.57. The molecule has 132 valence electrons. The van der Waals surface area contributed by atoms with Crippen LogP contribution in [0.4, 0.5) is 11.4 Å². The highest BCUT2D eigenvalue weighted by molar-refractivity contribution is 6.05. The van der Waals surface area contributed by atoms with Crippen LogP contribution in [-0.2, 0) is 14.4 Å². The van der Waals surface area contributed by atoms with Gasteiger partial charge in [-0.25, -0.2) is 0 Å². The molecule has 0 bridgehead atoms. The van der Waals surface area contributed by atoms with Crippen molar-refractivity contribution in [2.24, 2.45) is 11.8 Å². The Bertz CT molecular complexity index is 709. The Kier molecular flexibility index (Phi) is 4.78. The third-order valence-electron chi connectivity index (χ3n) is 4.84. The summed E-state index contributed by atoms with van der Waals surface area (Å²) in [7, 11) is 0. The van der Waals surface area contributed by atoms with Crippen molar-refractivity contribution in [1.82, 2.24) is 4.90 Å². The molecule has 0 radical (unpaired) electrons. The highest BCUT2D eigenvalue weighted by Gasteiger charge is 2.47. The fourth-order valence-electron chi connectivity index (χ4n) is 3.59. The van der Waals surface area contributed by atoms with E-state index in [0.29, 0.717) is 5.69 Å². The van der Waals surface area contributed by atoms with E-state index in [4.69, 9.17) is 0 Å². The molecule has 8 heteroatoms. The van der Waals surface area contributed by atoms with Crippen LogP contribution >= 0.6 is 0 Å². The SMILES string of the molecule is O=C(CCN1C(=O)[C@H]2CCCC[C@@H]2C1=O)Nc1cccc([N+](=O)[O-])c1. The number of rotatable bonds is 5. The molecule has 1 aromatic carbocycles. The average molecular weight is 345 g/mol. The number of benzene rings is 1. The van der Waals surface area contributed by atoms with Gasteiger partial charge in [0.1, 0.15) is 0 Å². The maximum Gasteiger partial charge on any atom is 0.271 e. The molecule has 2 atom stereocenters. The number of nitrogens with zero attached hydrogens (tertiary/aromatic N) is 2. The lowest BCUT2D eigenvalue weighted by atomic mass is 9.81. The van der Waals surface area contributed by atoms with Gasteiger partial charge in [-0.15, -0.1) is 0 Å². The van der Waals surface area contributed by atoms with E-state index in [1.54, 1.807) is 6.07 Å². The molecule has 1 aromatic rings. The molecule has 0 spiro atoms. The minimum absolute atomic E-state index is 0.0282. The van der Waals surface area contributed by atoms with Gasteiger partial charge in [-0.1, -0.05) is 18.9 Å². The summed E-state index contributed by atoms with van der Waals surface area (Å²) in [4.78, 5) is 48.1. The van der Waals surface area contributed by atoms with Crippen molar-refractivity contribution >= 4 is 29.1 Å². The molecular weight excluding hydrogens is 326 g/mol. The summed E-state index contributed by atoms with van der Waals surface area (Å²) in [5.41, 5.74) is 0.193. The van der Waals surface area contributed by atoms with Crippen LogP contribution in [0.2, 0.25) is 0 Å². The van der Waals surface area contributed by atoms with E-state index < -0.39 is 10.8 Å². The second-order valence-corrected chi connectivity index (χ2v) is 6.43. The quantitative estimate of drug-likeness (QED) is 0.499. The summed E-state index contributed by atoms with van der Waals surface area (Å²) in [5.74, 6) is -1.17. The van der Waals surface area contributed by atoms with Crippen LogP contribution in [0.5, 0.6) is 0 Å². The maximum atomic E-state index is 12.3. The zero-order valence-electron chi connectivity index (χ0n) is 13.6. The number of anilines is 1. The van der Waals surface area contributed by atoms with Crippen LogP contribution in [-0.4, -0.2) is 34.1 Å². The first-order valence-corrected chi connectivity index (χ1v) is 8.37. The molecular formula is C17H19N3O5. The Hall–Kier alpha value is -2.77. The number of amides is 3. The van der Waals surface area contributed by atoms with Crippen LogP contribution < -0.4 is 5.32 Å². The molecule has 1 saturated heterocycles. The van der Waals surface area contributed by atoms with Gasteiger partial charge in [-0.3, -0.25) is 29.4 Å². The van der Waals surface area contributed by atoms with Crippen molar-refractivity contribution in [2.45, 2.75) is 32.1 Å². The van der Waals surface area contributed by atoms with Gasteiger partial charge in [-0.05, 0) is 18.9 Å². The number of hydrogen-bond acceptors (Lipinski definition) is 5. The highest BCUT2D eigenvalue weighted by atomic mass is 16.6. The topological polar surface area (TPSA) is 110 Å². The number of non-ortho nitro benzene ring substituents is 1. The minimum atomic E-state index is -0.543. The second-order valence-electron chi connectivity index (χ2n) is 6.43. The number of carbonyl (C=O) groups excluding carboxylic acids is 3. The number of nitro benzene ring substituents is 1. The van der Waals surface area contributed by atoms with Crippen molar-refractivity contribution in [3.8, 4) is 0 Å². The van der Waals surface area contributed by atoms with Gasteiger partial charge in [0.05, 0.1) is 16.8 Å². The summed E-state index contributed by atoms with van der Waals surface area (Å²) in [6, 6.07) is 5.62. The first-order chi connectivity index (χ1) is 12.0. The summed E-state index contributed by atoms with van der Waals surface area (Å²) in [6.07, 6.45) is 3.37. The largest absolute Gasteiger partial charge is 0.326 e. The number of imide groups is 1. The van der Waals surface area contributed by atoms with Gasteiger partial charge in [0.25, 0.3) is 5.69 Å². The molecule has 8 nitrogen and oxygen atoms in total. The standard InChI is InChI=1S/C17H19N3O5/c21-15(18-11-4-3-5-12(10-11)20(24)25)8-9-19-16(22)13-6-1-2-7-14(13)17(19)23/h3-5,10,13-14H,1-2,6-9H2,(H,18,21)/t13-,14-/m0/s1. The first-order valence-electron chi connectivity index (χ1n) is 8.37. The monoisotopic (exact) mass is 345 g/mol. The number of hydrogen-bond donors (Lipinski definition) is 1. The number of carbonyl (C=O) groups is 3. The van der Waals surface area contributed by atoms with Gasteiger partial charge in [0.2, 0.25) is 17.7 Å². The van der Waals surface area contributed by atoms with Crippen LogP contribution in [0.25, 0.3) is 0 Å². The Labute approximate surface area is 144 Å². The lowest BCUT2D eigenvalue weighted by Crippen LogP contribution is -2.34. The second kappa shape index (κ2) is 7.00. The van der Waals surface area contributed by atoms with Crippen LogP contribution in [0, 0.1) is 22.0 Å². The highest BCUT2D eigenvalue weighted by Crippen LogP contribution is 2.37. The molecule has 1 aliphatic heterocycles.